The van der Waals surface area contributed by atoms with Crippen LogP contribution >= 0.6 is 11.6 Å². The van der Waals surface area contributed by atoms with Crippen molar-refractivity contribution in [1.29, 1.82) is 0 Å². The van der Waals surface area contributed by atoms with E-state index in [9.17, 15) is 9.59 Å². The fourth-order valence-corrected chi connectivity index (χ4v) is 1.07. The molecule has 1 amide bonds. The lowest BCUT2D eigenvalue weighted by Crippen LogP contribution is -2.33. The standard InChI is InChI=1S/C10H10ClNO4/c11-7-1-3-8(4-2-7)16-6-5-12-9(13)10(14)15/h1-4H,5-6H2,(H,12,13)(H,14,15). The molecule has 0 atom stereocenters. The van der Waals surface area contributed by atoms with E-state index >= 15 is 0 Å². The van der Waals surface area contributed by atoms with Crippen LogP contribution < -0.4 is 10.1 Å². The van der Waals surface area contributed by atoms with Crippen LogP contribution in [0.2, 0.25) is 5.02 Å². The zero-order valence-corrected chi connectivity index (χ0v) is 9.03. The second-order valence-electron chi connectivity index (χ2n) is 2.86. The predicted molar refractivity (Wildman–Crippen MR) is 57.6 cm³/mol. The number of hydrogen-bond donors (Lipinski definition) is 2. The van der Waals surface area contributed by atoms with Crippen molar-refractivity contribution in [2.45, 2.75) is 0 Å². The van der Waals surface area contributed by atoms with E-state index in [0.29, 0.717) is 10.8 Å². The number of ether oxygens (including phenoxy) is 1. The van der Waals surface area contributed by atoms with Crippen LogP contribution in [0.5, 0.6) is 5.75 Å². The van der Waals surface area contributed by atoms with Crippen molar-refractivity contribution < 1.29 is 19.4 Å². The predicted octanol–water partition coefficient (Wildman–Crippen LogP) is 0.920. The summed E-state index contributed by atoms with van der Waals surface area (Å²) in [4.78, 5) is 20.7. The van der Waals surface area contributed by atoms with Gasteiger partial charge in [-0.3, -0.25) is 4.79 Å². The average molecular weight is 244 g/mol. The Balaban J connectivity index is 2.23. The minimum Gasteiger partial charge on any atom is -0.492 e. The molecule has 0 aliphatic heterocycles. The molecular weight excluding hydrogens is 234 g/mol. The summed E-state index contributed by atoms with van der Waals surface area (Å²) in [5.41, 5.74) is 0. The molecule has 0 unspecified atom stereocenters. The summed E-state index contributed by atoms with van der Waals surface area (Å²) in [7, 11) is 0. The summed E-state index contributed by atoms with van der Waals surface area (Å²) < 4.78 is 5.22. The Morgan fingerprint density at radius 3 is 2.50 bits per heavy atom. The highest BCUT2D eigenvalue weighted by atomic mass is 35.5. The number of carboxylic acid groups (broad SMARTS) is 1. The first-order valence-corrected chi connectivity index (χ1v) is 4.87. The highest BCUT2D eigenvalue weighted by Crippen LogP contribution is 2.14. The van der Waals surface area contributed by atoms with Crippen molar-refractivity contribution in [2.75, 3.05) is 13.2 Å². The second kappa shape index (κ2) is 5.97. The van der Waals surface area contributed by atoms with Crippen LogP contribution in [-0.2, 0) is 9.59 Å². The van der Waals surface area contributed by atoms with Gasteiger partial charge in [-0.15, -0.1) is 0 Å². The Morgan fingerprint density at radius 1 is 1.31 bits per heavy atom. The Kier molecular flexibility index (Phi) is 4.60. The molecule has 5 nitrogen and oxygen atoms in total. The van der Waals surface area contributed by atoms with Crippen LogP contribution in [-0.4, -0.2) is 30.1 Å². The fraction of sp³-hybridized carbons (Fsp3) is 0.200. The molecule has 1 aromatic carbocycles. The van der Waals surface area contributed by atoms with E-state index in [2.05, 4.69) is 5.32 Å². The summed E-state index contributed by atoms with van der Waals surface area (Å²) in [6, 6.07) is 6.71. The maximum Gasteiger partial charge on any atom is 0.394 e. The number of carboxylic acids is 1. The van der Waals surface area contributed by atoms with Gasteiger partial charge in [0, 0.05) is 5.02 Å². The van der Waals surface area contributed by atoms with E-state index in [1.165, 1.54) is 0 Å². The summed E-state index contributed by atoms with van der Waals surface area (Å²) >= 11 is 5.67. The van der Waals surface area contributed by atoms with Gasteiger partial charge in [-0.05, 0) is 24.3 Å². The number of rotatable bonds is 4. The summed E-state index contributed by atoms with van der Waals surface area (Å²) in [5.74, 6) is -1.94. The molecule has 0 fully saturated rings. The molecule has 6 heteroatoms. The van der Waals surface area contributed by atoms with Gasteiger partial charge in [0.15, 0.2) is 0 Å². The third-order valence-electron chi connectivity index (χ3n) is 1.66. The quantitative estimate of drug-likeness (QED) is 0.609. The lowest BCUT2D eigenvalue weighted by molar-refractivity contribution is -0.150. The lowest BCUT2D eigenvalue weighted by atomic mass is 10.3. The van der Waals surface area contributed by atoms with E-state index in [4.69, 9.17) is 21.4 Å². The number of carbonyl (C=O) groups is 2. The third-order valence-corrected chi connectivity index (χ3v) is 1.92. The van der Waals surface area contributed by atoms with Gasteiger partial charge in [0.05, 0.1) is 6.54 Å². The zero-order chi connectivity index (χ0) is 12.0. The molecule has 0 aliphatic rings. The number of hydrogen-bond acceptors (Lipinski definition) is 3. The largest absolute Gasteiger partial charge is 0.492 e. The van der Waals surface area contributed by atoms with Gasteiger partial charge in [0.2, 0.25) is 0 Å². The number of nitrogens with one attached hydrogen (secondary N) is 1. The van der Waals surface area contributed by atoms with Crippen LogP contribution in [0.3, 0.4) is 0 Å². The molecule has 0 heterocycles. The van der Waals surface area contributed by atoms with Crippen LogP contribution in [0.25, 0.3) is 0 Å². The number of amides is 1. The van der Waals surface area contributed by atoms with Gasteiger partial charge < -0.3 is 15.2 Å². The first-order valence-electron chi connectivity index (χ1n) is 4.49. The lowest BCUT2D eigenvalue weighted by Gasteiger charge is -2.06. The molecule has 0 aliphatic carbocycles. The summed E-state index contributed by atoms with van der Waals surface area (Å²) in [5, 5.41) is 11.0. The zero-order valence-electron chi connectivity index (χ0n) is 8.27. The van der Waals surface area contributed by atoms with Crippen molar-refractivity contribution in [3.05, 3.63) is 29.3 Å². The Morgan fingerprint density at radius 2 is 1.94 bits per heavy atom. The van der Waals surface area contributed by atoms with Crippen LogP contribution in [0.15, 0.2) is 24.3 Å². The molecular formula is C10H10ClNO4. The van der Waals surface area contributed by atoms with Crippen molar-refractivity contribution in [2.24, 2.45) is 0 Å². The highest BCUT2D eigenvalue weighted by Gasteiger charge is 2.08. The maximum absolute atomic E-state index is 10.6. The third kappa shape index (κ3) is 4.18. The monoisotopic (exact) mass is 243 g/mol. The Hall–Kier alpha value is -1.75. The number of halogens is 1. The van der Waals surface area contributed by atoms with E-state index in [1.807, 2.05) is 0 Å². The molecule has 86 valence electrons. The fourth-order valence-electron chi connectivity index (χ4n) is 0.940. The van der Waals surface area contributed by atoms with Gasteiger partial charge in [-0.1, -0.05) is 11.6 Å². The van der Waals surface area contributed by atoms with Crippen molar-refractivity contribution >= 4 is 23.5 Å². The molecule has 2 N–H and O–H groups in total. The van der Waals surface area contributed by atoms with Gasteiger partial charge >= 0.3 is 11.9 Å². The van der Waals surface area contributed by atoms with Crippen molar-refractivity contribution in [3.63, 3.8) is 0 Å². The van der Waals surface area contributed by atoms with E-state index in [0.717, 1.165) is 0 Å². The van der Waals surface area contributed by atoms with Gasteiger partial charge in [-0.2, -0.15) is 0 Å². The van der Waals surface area contributed by atoms with Crippen molar-refractivity contribution in [3.8, 4) is 5.75 Å². The van der Waals surface area contributed by atoms with Gasteiger partial charge in [0.25, 0.3) is 0 Å². The molecule has 0 spiro atoms. The second-order valence-corrected chi connectivity index (χ2v) is 3.30. The first kappa shape index (κ1) is 12.3. The Labute approximate surface area is 97.0 Å². The minimum absolute atomic E-state index is 0.133. The summed E-state index contributed by atoms with van der Waals surface area (Å²) in [6.07, 6.45) is 0. The van der Waals surface area contributed by atoms with E-state index < -0.39 is 11.9 Å². The maximum atomic E-state index is 10.6. The number of carbonyl (C=O) groups excluding carboxylic acids is 1. The van der Waals surface area contributed by atoms with E-state index in [1.54, 1.807) is 24.3 Å². The number of benzene rings is 1. The van der Waals surface area contributed by atoms with Crippen LogP contribution in [0.1, 0.15) is 0 Å². The van der Waals surface area contributed by atoms with Gasteiger partial charge in [-0.25, -0.2) is 4.79 Å². The Bertz CT molecular complexity index is 377. The molecule has 0 bridgehead atoms. The SMILES string of the molecule is O=C(O)C(=O)NCCOc1ccc(Cl)cc1. The summed E-state index contributed by atoms with van der Waals surface area (Å²) in [6.45, 7) is 0.328. The smallest absolute Gasteiger partial charge is 0.394 e. The van der Waals surface area contributed by atoms with E-state index in [-0.39, 0.29) is 13.2 Å². The van der Waals surface area contributed by atoms with Crippen LogP contribution in [0, 0.1) is 0 Å². The number of aliphatic carboxylic acids is 1. The molecule has 16 heavy (non-hydrogen) atoms. The normalized spacial score (nSPS) is 9.56. The van der Waals surface area contributed by atoms with Gasteiger partial charge in [0.1, 0.15) is 12.4 Å². The minimum atomic E-state index is -1.51. The highest BCUT2D eigenvalue weighted by molar-refractivity contribution is 6.31. The molecule has 1 rings (SSSR count). The van der Waals surface area contributed by atoms with Crippen molar-refractivity contribution in [1.82, 2.24) is 5.32 Å². The molecule has 0 aromatic heterocycles. The molecule has 0 radical (unpaired) electrons. The first-order chi connectivity index (χ1) is 7.59. The molecule has 0 saturated heterocycles. The molecule has 1 aromatic rings. The molecule has 0 saturated carbocycles. The average Bonchev–Trinajstić information content (AvgIpc) is 2.26. The topological polar surface area (TPSA) is 75.6 Å². The van der Waals surface area contributed by atoms with Crippen LogP contribution in [0.4, 0.5) is 0 Å².